The van der Waals surface area contributed by atoms with E-state index in [-0.39, 0.29) is 29.4 Å². The molecule has 0 saturated carbocycles. The van der Waals surface area contributed by atoms with Crippen LogP contribution in [0.25, 0.3) is 10.9 Å². The maximum atomic E-state index is 13.6. The molecule has 0 unspecified atom stereocenters. The van der Waals surface area contributed by atoms with Crippen LogP contribution in [0.4, 0.5) is 15.9 Å². The molecule has 1 N–H and O–H groups in total. The molecule has 2 fully saturated rings. The van der Waals surface area contributed by atoms with Gasteiger partial charge in [-0.2, -0.15) is 0 Å². The second kappa shape index (κ2) is 11.5. The summed E-state index contributed by atoms with van der Waals surface area (Å²) in [5, 5.41) is 3.88. The van der Waals surface area contributed by atoms with Crippen molar-refractivity contribution in [3.8, 4) is 5.75 Å². The summed E-state index contributed by atoms with van der Waals surface area (Å²) < 4.78 is 30.9. The Morgan fingerprint density at radius 1 is 1.22 bits per heavy atom. The second-order valence-electron chi connectivity index (χ2n) is 8.97. The lowest BCUT2D eigenvalue weighted by atomic mass is 10.0. The van der Waals surface area contributed by atoms with E-state index < -0.39 is 5.82 Å². The summed E-state index contributed by atoms with van der Waals surface area (Å²) in [6.07, 6.45) is 5.32. The monoisotopic (exact) mass is 526 g/mol. The van der Waals surface area contributed by atoms with Gasteiger partial charge >= 0.3 is 0 Å². The van der Waals surface area contributed by atoms with Gasteiger partial charge in [-0.15, -0.1) is 0 Å². The molecule has 0 radical (unpaired) electrons. The van der Waals surface area contributed by atoms with E-state index >= 15 is 0 Å². The van der Waals surface area contributed by atoms with E-state index in [1.165, 1.54) is 18.5 Å². The molecule has 194 valence electrons. The van der Waals surface area contributed by atoms with Crippen LogP contribution in [-0.4, -0.2) is 72.3 Å². The van der Waals surface area contributed by atoms with Crippen molar-refractivity contribution in [1.29, 1.82) is 0 Å². The number of nitrogens with one attached hydrogen (secondary N) is 1. The maximum absolute atomic E-state index is 13.6. The molecule has 2 aliphatic heterocycles. The van der Waals surface area contributed by atoms with Gasteiger partial charge in [-0.25, -0.2) is 14.4 Å². The van der Waals surface area contributed by atoms with Gasteiger partial charge < -0.3 is 19.5 Å². The fraction of sp³-hybridized carbons (Fsp3) is 0.370. The van der Waals surface area contributed by atoms with Crippen molar-refractivity contribution in [1.82, 2.24) is 14.9 Å². The Kier molecular flexibility index (Phi) is 7.95. The number of carbonyl (C=O) groups excluding carboxylic acids is 1. The summed E-state index contributed by atoms with van der Waals surface area (Å²) in [6, 6.07) is 8.02. The van der Waals surface area contributed by atoms with Crippen molar-refractivity contribution < 1.29 is 23.4 Å². The number of anilines is 2. The molecule has 8 nitrogen and oxygen atoms in total. The molecule has 3 heterocycles. The highest BCUT2D eigenvalue weighted by Crippen LogP contribution is 2.31. The van der Waals surface area contributed by atoms with Crippen LogP contribution in [0.15, 0.2) is 48.8 Å². The van der Waals surface area contributed by atoms with Crippen molar-refractivity contribution >= 4 is 39.8 Å². The Balaban J connectivity index is 1.32. The minimum atomic E-state index is -0.500. The Bertz CT molecular complexity index is 1310. The van der Waals surface area contributed by atoms with Gasteiger partial charge in [-0.1, -0.05) is 17.7 Å². The number of ketones is 1. The predicted octanol–water partition coefficient (Wildman–Crippen LogP) is 4.33. The lowest BCUT2D eigenvalue weighted by Gasteiger charge is -2.24. The number of fused-ring (bicyclic) bond motifs is 2. The molecule has 1 aromatic heterocycles. The fourth-order valence-corrected chi connectivity index (χ4v) is 4.81. The standard InChI is InChI=1S/C27H28ClFN4O4/c1-2-35-24-13-23-20(27(31-16-30-23)32-18-5-6-22(29)21(28)12-18)11-17(24)10-19(34)4-3-7-33-14-25-26(15-33)37-9-8-36-25/h3-6,11-13,16,25-26H,2,7-10,14-15H2,1H3,(H,30,31,32)/b4-3+/t25-,26-/m0/s1. The summed E-state index contributed by atoms with van der Waals surface area (Å²) in [5.41, 5.74) is 1.97. The number of hydrogen-bond donors (Lipinski definition) is 1. The third-order valence-electron chi connectivity index (χ3n) is 6.37. The van der Waals surface area contributed by atoms with Crippen LogP contribution in [0.2, 0.25) is 5.02 Å². The van der Waals surface area contributed by atoms with Crippen LogP contribution < -0.4 is 10.1 Å². The van der Waals surface area contributed by atoms with E-state index in [0.29, 0.717) is 54.5 Å². The largest absolute Gasteiger partial charge is 0.494 e. The summed E-state index contributed by atoms with van der Waals surface area (Å²) >= 11 is 5.93. The van der Waals surface area contributed by atoms with E-state index in [9.17, 15) is 9.18 Å². The molecule has 2 saturated heterocycles. The number of hydrogen-bond acceptors (Lipinski definition) is 8. The summed E-state index contributed by atoms with van der Waals surface area (Å²) in [5.74, 6) is 0.574. The van der Waals surface area contributed by atoms with Crippen molar-refractivity contribution in [2.75, 3.05) is 44.8 Å². The number of benzene rings is 2. The van der Waals surface area contributed by atoms with E-state index in [2.05, 4.69) is 20.2 Å². The SMILES string of the molecule is CCOc1cc2ncnc(Nc3ccc(F)c(Cl)c3)c2cc1CC(=O)/C=C/CN1C[C@@H]2OCCO[C@H]2C1. The first kappa shape index (κ1) is 25.5. The number of aromatic nitrogens is 2. The third kappa shape index (κ3) is 6.07. The first-order chi connectivity index (χ1) is 18.0. The molecule has 5 rings (SSSR count). The zero-order valence-corrected chi connectivity index (χ0v) is 21.2. The van der Waals surface area contributed by atoms with Crippen LogP contribution in [0.5, 0.6) is 5.75 Å². The van der Waals surface area contributed by atoms with E-state index in [1.54, 1.807) is 12.1 Å². The van der Waals surface area contributed by atoms with Crippen molar-refractivity contribution in [3.63, 3.8) is 0 Å². The molecular formula is C27H28ClFN4O4. The average molecular weight is 527 g/mol. The molecule has 2 atom stereocenters. The summed E-state index contributed by atoms with van der Waals surface area (Å²) in [4.78, 5) is 23.8. The molecule has 3 aromatic rings. The molecule has 2 aromatic carbocycles. The molecule has 0 spiro atoms. The van der Waals surface area contributed by atoms with Gasteiger partial charge in [-0.3, -0.25) is 9.69 Å². The number of rotatable bonds is 9. The minimum absolute atomic E-state index is 0.00723. The molecule has 0 aliphatic carbocycles. The van der Waals surface area contributed by atoms with E-state index in [1.807, 2.05) is 25.1 Å². The summed E-state index contributed by atoms with van der Waals surface area (Å²) in [7, 11) is 0. The first-order valence-corrected chi connectivity index (χ1v) is 12.7. The van der Waals surface area contributed by atoms with Gasteiger partial charge in [0.15, 0.2) is 5.78 Å². The highest BCUT2D eigenvalue weighted by Gasteiger charge is 2.35. The zero-order valence-electron chi connectivity index (χ0n) is 20.5. The summed E-state index contributed by atoms with van der Waals surface area (Å²) in [6.45, 7) is 5.88. The smallest absolute Gasteiger partial charge is 0.159 e. The van der Waals surface area contributed by atoms with Crippen LogP contribution in [0, 0.1) is 5.82 Å². The number of ether oxygens (including phenoxy) is 3. The predicted molar refractivity (Wildman–Crippen MR) is 139 cm³/mol. The Morgan fingerprint density at radius 3 is 2.73 bits per heavy atom. The van der Waals surface area contributed by atoms with Crippen LogP contribution in [0.1, 0.15) is 12.5 Å². The normalized spacial score (nSPS) is 19.9. The molecule has 0 amide bonds. The maximum Gasteiger partial charge on any atom is 0.159 e. The van der Waals surface area contributed by atoms with Crippen molar-refractivity contribution in [2.24, 2.45) is 0 Å². The quantitative estimate of drug-likeness (QED) is 0.412. The number of likely N-dealkylation sites (tertiary alicyclic amines) is 1. The molecule has 2 aliphatic rings. The van der Waals surface area contributed by atoms with Crippen LogP contribution in [0.3, 0.4) is 0 Å². The van der Waals surface area contributed by atoms with Crippen molar-refractivity contribution in [3.05, 3.63) is 65.2 Å². The lowest BCUT2D eigenvalue weighted by molar-refractivity contribution is -0.116. The van der Waals surface area contributed by atoms with Gasteiger partial charge in [0.1, 0.15) is 23.7 Å². The van der Waals surface area contributed by atoms with Gasteiger partial charge in [0, 0.05) is 48.8 Å². The molecular weight excluding hydrogens is 499 g/mol. The number of nitrogens with zero attached hydrogens (tertiary/aromatic N) is 3. The highest BCUT2D eigenvalue weighted by molar-refractivity contribution is 6.31. The molecule has 0 bridgehead atoms. The second-order valence-corrected chi connectivity index (χ2v) is 9.38. The highest BCUT2D eigenvalue weighted by atomic mass is 35.5. The molecule has 10 heteroatoms. The van der Waals surface area contributed by atoms with Crippen LogP contribution >= 0.6 is 11.6 Å². The van der Waals surface area contributed by atoms with Crippen molar-refractivity contribution in [2.45, 2.75) is 25.6 Å². The Hall–Kier alpha value is -3.11. The lowest BCUT2D eigenvalue weighted by Crippen LogP contribution is -2.36. The van der Waals surface area contributed by atoms with Gasteiger partial charge in [0.25, 0.3) is 0 Å². The molecule has 37 heavy (non-hydrogen) atoms. The van der Waals surface area contributed by atoms with E-state index in [4.69, 9.17) is 25.8 Å². The fourth-order valence-electron chi connectivity index (χ4n) is 4.63. The Morgan fingerprint density at radius 2 is 2.00 bits per heavy atom. The zero-order chi connectivity index (χ0) is 25.8. The van der Waals surface area contributed by atoms with Gasteiger partial charge in [0.2, 0.25) is 0 Å². The Labute approximate surface area is 219 Å². The van der Waals surface area contributed by atoms with Gasteiger partial charge in [-0.05, 0) is 37.3 Å². The minimum Gasteiger partial charge on any atom is -0.494 e. The number of halogens is 2. The van der Waals surface area contributed by atoms with Crippen LogP contribution in [-0.2, 0) is 20.7 Å². The van der Waals surface area contributed by atoms with Gasteiger partial charge in [0.05, 0.1) is 42.6 Å². The number of carbonyl (C=O) groups is 1. The topological polar surface area (TPSA) is 85.8 Å². The first-order valence-electron chi connectivity index (χ1n) is 12.3. The number of allylic oxidation sites excluding steroid dienone is 1. The third-order valence-corrected chi connectivity index (χ3v) is 6.66. The van der Waals surface area contributed by atoms with E-state index in [0.717, 1.165) is 18.7 Å². The average Bonchev–Trinajstić information content (AvgIpc) is 3.30.